The number of carbonyl (C=O) groups excluding carboxylic acids is 2. The molecule has 2 aromatic rings. The van der Waals surface area contributed by atoms with Gasteiger partial charge in [-0.2, -0.15) is 0 Å². The Morgan fingerprint density at radius 2 is 1.60 bits per heavy atom. The van der Waals surface area contributed by atoms with E-state index >= 15 is 0 Å². The highest BCUT2D eigenvalue weighted by Gasteiger charge is 2.68. The third-order valence-electron chi connectivity index (χ3n) is 11.6. The predicted octanol–water partition coefficient (Wildman–Crippen LogP) is 7.35. The van der Waals surface area contributed by atoms with Crippen molar-refractivity contribution in [3.05, 3.63) is 59.7 Å². The molecule has 7 nitrogen and oxygen atoms in total. The maximum Gasteiger partial charge on any atom is 0.481 e. The Morgan fingerprint density at radius 3 is 2.17 bits per heavy atom. The molecule has 0 unspecified atom stereocenters. The first kappa shape index (κ1) is 34.2. The molecular weight excluding hydrogens is 589 g/mol. The Bertz CT molecular complexity index is 1440. The number of hydrogen-bond donors (Lipinski definition) is 1. The Kier molecular flexibility index (Phi) is 9.20. The number of carbonyl (C=O) groups is 2. The van der Waals surface area contributed by atoms with Crippen molar-refractivity contribution in [1.82, 2.24) is 5.32 Å². The zero-order valence-electron chi connectivity index (χ0n) is 29.8. The van der Waals surface area contributed by atoms with Gasteiger partial charge in [0.05, 0.1) is 41.7 Å². The maximum absolute atomic E-state index is 14.2. The second-order valence-electron chi connectivity index (χ2n) is 16.7. The Hall–Kier alpha value is -2.68. The quantitative estimate of drug-likeness (QED) is 0.204. The van der Waals surface area contributed by atoms with Gasteiger partial charge in [-0.1, -0.05) is 76.2 Å². The zero-order chi connectivity index (χ0) is 33.9. The smallest absolute Gasteiger partial charge is 0.465 e. The molecule has 0 radical (unpaired) electrons. The van der Waals surface area contributed by atoms with Gasteiger partial charge >= 0.3 is 13.1 Å². The average Bonchev–Trinajstić information content (AvgIpc) is 3.52. The molecule has 7 atom stereocenters. The second-order valence-corrected chi connectivity index (χ2v) is 16.7. The first-order valence-electron chi connectivity index (χ1n) is 17.7. The summed E-state index contributed by atoms with van der Waals surface area (Å²) >= 11 is 0. The minimum Gasteiger partial charge on any atom is -0.465 e. The summed E-state index contributed by atoms with van der Waals surface area (Å²) in [6, 6.07) is 16.6. The van der Waals surface area contributed by atoms with Gasteiger partial charge in [-0.15, -0.1) is 0 Å². The molecule has 2 aromatic carbocycles. The molecule has 2 bridgehead atoms. The fourth-order valence-corrected chi connectivity index (χ4v) is 9.07. The number of esters is 1. The predicted molar refractivity (Wildman–Crippen MR) is 185 cm³/mol. The van der Waals surface area contributed by atoms with Crippen LogP contribution in [0.5, 0.6) is 0 Å². The number of fused-ring (bicyclic) bond motifs is 3. The Labute approximate surface area is 282 Å². The SMILES string of the molecule is CC(C)C[C@H](NC(=O)[C@@H](CC(=O)OCC1c2ccccc2-c2ccccc21)[C@@H](C)OC(C)(C)C)B1O[C@@H]2C[C@@H]3C[C@@H](C3(C)C)[C@]2(C)O1. The van der Waals surface area contributed by atoms with Crippen LogP contribution in [0.4, 0.5) is 0 Å². The Morgan fingerprint density at radius 1 is 0.979 bits per heavy atom. The monoisotopic (exact) mass is 643 g/mol. The molecule has 0 aromatic heterocycles. The normalized spacial score (nSPS) is 27.7. The molecule has 4 aliphatic carbocycles. The van der Waals surface area contributed by atoms with E-state index in [1.165, 1.54) is 17.5 Å². The summed E-state index contributed by atoms with van der Waals surface area (Å²) in [4.78, 5) is 27.7. The number of benzene rings is 2. The number of nitrogens with one attached hydrogen (secondary N) is 1. The molecular formula is C39H54BNO6. The van der Waals surface area contributed by atoms with E-state index in [1.54, 1.807) is 0 Å². The van der Waals surface area contributed by atoms with Crippen LogP contribution in [0, 0.1) is 29.1 Å². The fourth-order valence-electron chi connectivity index (χ4n) is 9.07. The summed E-state index contributed by atoms with van der Waals surface area (Å²) in [5.41, 5.74) is 4.03. The molecule has 254 valence electrons. The lowest BCUT2D eigenvalue weighted by molar-refractivity contribution is -0.199. The van der Waals surface area contributed by atoms with E-state index in [2.05, 4.69) is 64.2 Å². The van der Waals surface area contributed by atoms with Crippen LogP contribution >= 0.6 is 0 Å². The number of rotatable bonds is 11. The molecule has 4 fully saturated rings. The first-order chi connectivity index (χ1) is 22.1. The molecule has 7 rings (SSSR count). The summed E-state index contributed by atoms with van der Waals surface area (Å²) in [5.74, 6) is -0.415. The highest BCUT2D eigenvalue weighted by atomic mass is 16.7. The van der Waals surface area contributed by atoms with Crippen molar-refractivity contribution in [3.8, 4) is 11.1 Å². The van der Waals surface area contributed by atoms with Gasteiger partial charge < -0.3 is 24.1 Å². The van der Waals surface area contributed by atoms with Crippen molar-refractivity contribution < 1.29 is 28.4 Å². The first-order valence-corrected chi connectivity index (χ1v) is 17.7. The number of hydrogen-bond acceptors (Lipinski definition) is 6. The van der Waals surface area contributed by atoms with Crippen molar-refractivity contribution in [2.45, 2.75) is 123 Å². The van der Waals surface area contributed by atoms with E-state index in [0.717, 1.165) is 17.5 Å². The highest BCUT2D eigenvalue weighted by molar-refractivity contribution is 6.47. The maximum atomic E-state index is 14.2. The van der Waals surface area contributed by atoms with E-state index in [4.69, 9.17) is 18.8 Å². The molecule has 0 spiro atoms. The van der Waals surface area contributed by atoms with Crippen LogP contribution in [0.1, 0.15) is 105 Å². The van der Waals surface area contributed by atoms with Gasteiger partial charge in [-0.25, -0.2) is 0 Å². The number of amides is 1. The van der Waals surface area contributed by atoms with Gasteiger partial charge in [0.1, 0.15) is 6.61 Å². The molecule has 1 saturated heterocycles. The molecule has 1 aliphatic heterocycles. The summed E-state index contributed by atoms with van der Waals surface area (Å²) in [6.45, 7) is 19.2. The lowest BCUT2D eigenvalue weighted by Gasteiger charge is -2.64. The molecule has 1 amide bonds. The van der Waals surface area contributed by atoms with E-state index in [9.17, 15) is 9.59 Å². The van der Waals surface area contributed by atoms with Crippen molar-refractivity contribution in [2.24, 2.45) is 29.1 Å². The van der Waals surface area contributed by atoms with E-state index in [-0.39, 0.29) is 47.9 Å². The summed E-state index contributed by atoms with van der Waals surface area (Å²) in [5, 5.41) is 3.29. The van der Waals surface area contributed by atoms with Gasteiger partial charge in [0.25, 0.3) is 0 Å². The highest BCUT2D eigenvalue weighted by Crippen LogP contribution is 2.65. The van der Waals surface area contributed by atoms with Crippen molar-refractivity contribution >= 4 is 19.0 Å². The largest absolute Gasteiger partial charge is 0.481 e. The van der Waals surface area contributed by atoms with E-state index < -0.39 is 30.7 Å². The van der Waals surface area contributed by atoms with E-state index in [0.29, 0.717) is 24.2 Å². The van der Waals surface area contributed by atoms with Gasteiger partial charge in [-0.3, -0.25) is 9.59 Å². The fraction of sp³-hybridized carbons (Fsp3) is 0.641. The summed E-state index contributed by atoms with van der Waals surface area (Å²) in [7, 11) is -0.541. The summed E-state index contributed by atoms with van der Waals surface area (Å²) in [6.07, 6.45) is 2.27. The lowest BCUT2D eigenvalue weighted by Crippen LogP contribution is -2.65. The van der Waals surface area contributed by atoms with Crippen molar-refractivity contribution in [2.75, 3.05) is 6.61 Å². The third kappa shape index (κ3) is 6.54. The average molecular weight is 644 g/mol. The Balaban J connectivity index is 1.16. The molecule has 1 N–H and O–H groups in total. The van der Waals surface area contributed by atoms with Gasteiger partial charge in [0.15, 0.2) is 0 Å². The van der Waals surface area contributed by atoms with Crippen LogP contribution < -0.4 is 5.32 Å². The van der Waals surface area contributed by atoms with Crippen LogP contribution in [0.15, 0.2) is 48.5 Å². The minimum absolute atomic E-state index is 0.0237. The van der Waals surface area contributed by atoms with Gasteiger partial charge in [0.2, 0.25) is 5.91 Å². The van der Waals surface area contributed by atoms with Crippen molar-refractivity contribution in [1.29, 1.82) is 0 Å². The van der Waals surface area contributed by atoms with Crippen LogP contribution in [0.25, 0.3) is 11.1 Å². The minimum atomic E-state index is -0.745. The van der Waals surface area contributed by atoms with Crippen LogP contribution in [0.2, 0.25) is 0 Å². The molecule has 1 heterocycles. The third-order valence-corrected chi connectivity index (χ3v) is 11.6. The van der Waals surface area contributed by atoms with Gasteiger partial charge in [-0.05, 0) is 99.3 Å². The molecule has 3 saturated carbocycles. The van der Waals surface area contributed by atoms with Crippen LogP contribution in [-0.4, -0.2) is 55.0 Å². The topological polar surface area (TPSA) is 83.1 Å². The zero-order valence-corrected chi connectivity index (χ0v) is 29.8. The van der Waals surface area contributed by atoms with Crippen LogP contribution in [-0.2, 0) is 28.4 Å². The second kappa shape index (κ2) is 12.7. The van der Waals surface area contributed by atoms with Crippen LogP contribution in [0.3, 0.4) is 0 Å². The standard InChI is InChI=1S/C39H54BNO6/c1-23(2)18-34(40-46-33-20-25-19-32(38(25,7)8)39(33,9)47-40)41-36(43)30(24(3)45-37(4,5)6)21-35(42)44-22-31-28-16-12-10-14-26(28)27-15-11-13-17-29(27)31/h10-17,23-25,30-34H,18-22H2,1-9H3,(H,41,43)/t24-,25+,30+,32+,33-,34+,39+/m1/s1. The molecule has 47 heavy (non-hydrogen) atoms. The van der Waals surface area contributed by atoms with Gasteiger partial charge in [0, 0.05) is 5.92 Å². The lowest BCUT2D eigenvalue weighted by atomic mass is 9.43. The van der Waals surface area contributed by atoms with E-state index in [1.807, 2.05) is 52.0 Å². The molecule has 8 heteroatoms. The molecule has 5 aliphatic rings. The summed E-state index contributed by atoms with van der Waals surface area (Å²) < 4.78 is 25.7. The van der Waals surface area contributed by atoms with Crippen molar-refractivity contribution in [3.63, 3.8) is 0 Å². The number of ether oxygens (including phenoxy) is 2.